The lowest BCUT2D eigenvalue weighted by Gasteiger charge is -2.32. The second-order valence-electron chi connectivity index (χ2n) is 8.83. The molecule has 0 radical (unpaired) electrons. The van der Waals surface area contributed by atoms with Crippen molar-refractivity contribution in [2.24, 2.45) is 11.8 Å². The van der Waals surface area contributed by atoms with Crippen molar-refractivity contribution in [3.8, 4) is 0 Å². The average molecular weight is 435 g/mol. The number of hydrogen-bond donors (Lipinski definition) is 2. The highest BCUT2D eigenvalue weighted by molar-refractivity contribution is 6.30. The van der Waals surface area contributed by atoms with Crippen molar-refractivity contribution in [1.29, 1.82) is 0 Å². The van der Waals surface area contributed by atoms with Crippen molar-refractivity contribution >= 4 is 29.2 Å². The average Bonchev–Trinajstić information content (AvgIpc) is 2.72. The SMILES string of the molecule is C[C@H]1CCCN(CCCNC(=O)CC2CCN(C(=O)Nc3cccc(Cl)c3)CC2)C1. The van der Waals surface area contributed by atoms with Gasteiger partial charge in [0.25, 0.3) is 0 Å². The lowest BCUT2D eigenvalue weighted by molar-refractivity contribution is -0.122. The van der Waals surface area contributed by atoms with Crippen LogP contribution in [0.25, 0.3) is 0 Å². The molecule has 2 N–H and O–H groups in total. The van der Waals surface area contributed by atoms with E-state index in [1.54, 1.807) is 12.1 Å². The van der Waals surface area contributed by atoms with Gasteiger partial charge in [0.15, 0.2) is 0 Å². The third-order valence-electron chi connectivity index (χ3n) is 6.17. The first-order chi connectivity index (χ1) is 14.5. The maximum absolute atomic E-state index is 12.4. The summed E-state index contributed by atoms with van der Waals surface area (Å²) in [6.45, 7) is 7.89. The van der Waals surface area contributed by atoms with Gasteiger partial charge in [0.2, 0.25) is 5.91 Å². The smallest absolute Gasteiger partial charge is 0.321 e. The molecule has 2 aliphatic rings. The van der Waals surface area contributed by atoms with Gasteiger partial charge in [0, 0.05) is 43.3 Å². The number of amides is 3. The Balaban J connectivity index is 1.28. The Bertz CT molecular complexity index is 706. The van der Waals surface area contributed by atoms with Crippen LogP contribution in [-0.2, 0) is 4.79 Å². The molecule has 2 aliphatic heterocycles. The van der Waals surface area contributed by atoms with Gasteiger partial charge in [-0.3, -0.25) is 4.79 Å². The lowest BCUT2D eigenvalue weighted by Crippen LogP contribution is -2.42. The summed E-state index contributed by atoms with van der Waals surface area (Å²) in [5.74, 6) is 1.29. The Morgan fingerprint density at radius 2 is 1.97 bits per heavy atom. The van der Waals surface area contributed by atoms with Crippen LogP contribution >= 0.6 is 11.6 Å². The normalized spacial score (nSPS) is 20.7. The number of halogens is 1. The topological polar surface area (TPSA) is 64.7 Å². The number of carbonyl (C=O) groups is 2. The first-order valence-electron chi connectivity index (χ1n) is 11.3. The first kappa shape index (κ1) is 22.9. The number of rotatable bonds is 7. The second kappa shape index (κ2) is 11.6. The number of benzene rings is 1. The predicted molar refractivity (Wildman–Crippen MR) is 122 cm³/mol. The zero-order valence-corrected chi connectivity index (χ0v) is 18.8. The van der Waals surface area contributed by atoms with Crippen molar-refractivity contribution in [3.63, 3.8) is 0 Å². The van der Waals surface area contributed by atoms with Gasteiger partial charge in [-0.15, -0.1) is 0 Å². The van der Waals surface area contributed by atoms with Gasteiger partial charge >= 0.3 is 6.03 Å². The van der Waals surface area contributed by atoms with Crippen LogP contribution in [0.5, 0.6) is 0 Å². The van der Waals surface area contributed by atoms with E-state index in [2.05, 4.69) is 22.5 Å². The molecule has 0 bridgehead atoms. The minimum atomic E-state index is -0.104. The van der Waals surface area contributed by atoms with E-state index in [9.17, 15) is 9.59 Å². The molecule has 30 heavy (non-hydrogen) atoms. The minimum absolute atomic E-state index is 0.104. The van der Waals surface area contributed by atoms with Crippen LogP contribution in [0, 0.1) is 11.8 Å². The predicted octanol–water partition coefficient (Wildman–Crippen LogP) is 4.21. The quantitative estimate of drug-likeness (QED) is 0.631. The largest absolute Gasteiger partial charge is 0.356 e. The molecule has 0 aliphatic carbocycles. The summed E-state index contributed by atoms with van der Waals surface area (Å²) in [5, 5.41) is 6.57. The fourth-order valence-electron chi connectivity index (χ4n) is 4.46. The summed E-state index contributed by atoms with van der Waals surface area (Å²) in [6.07, 6.45) is 5.94. The molecule has 0 saturated carbocycles. The summed E-state index contributed by atoms with van der Waals surface area (Å²) in [4.78, 5) is 29.0. The Labute approximate surface area is 185 Å². The molecule has 0 aromatic heterocycles. The summed E-state index contributed by atoms with van der Waals surface area (Å²) in [7, 11) is 0. The van der Waals surface area contributed by atoms with E-state index < -0.39 is 0 Å². The zero-order chi connectivity index (χ0) is 21.3. The number of likely N-dealkylation sites (tertiary alicyclic amines) is 2. The molecule has 166 valence electrons. The molecule has 3 rings (SSSR count). The van der Waals surface area contributed by atoms with Crippen molar-refractivity contribution in [1.82, 2.24) is 15.1 Å². The monoisotopic (exact) mass is 434 g/mol. The molecule has 3 amide bonds. The van der Waals surface area contributed by atoms with Crippen LogP contribution in [0.2, 0.25) is 5.02 Å². The van der Waals surface area contributed by atoms with Gasteiger partial charge in [0.1, 0.15) is 0 Å². The third kappa shape index (κ3) is 7.47. The Hall–Kier alpha value is -1.79. The van der Waals surface area contributed by atoms with Gasteiger partial charge in [0.05, 0.1) is 0 Å². The van der Waals surface area contributed by atoms with Crippen molar-refractivity contribution in [2.75, 3.05) is 44.6 Å². The molecular formula is C23H35ClN4O2. The highest BCUT2D eigenvalue weighted by Gasteiger charge is 2.24. The molecule has 1 atom stereocenters. The van der Waals surface area contributed by atoms with Crippen LogP contribution in [-0.4, -0.2) is 61.0 Å². The number of piperidine rings is 2. The Kier molecular flexibility index (Phi) is 8.82. The van der Waals surface area contributed by atoms with Crippen LogP contribution < -0.4 is 10.6 Å². The Morgan fingerprint density at radius 1 is 1.17 bits per heavy atom. The van der Waals surface area contributed by atoms with Gasteiger partial charge in [-0.05, 0) is 75.2 Å². The summed E-state index contributed by atoms with van der Waals surface area (Å²) in [5.41, 5.74) is 0.702. The zero-order valence-electron chi connectivity index (χ0n) is 18.0. The summed E-state index contributed by atoms with van der Waals surface area (Å²) in [6, 6.07) is 7.06. The first-order valence-corrected chi connectivity index (χ1v) is 11.7. The van der Waals surface area contributed by atoms with Gasteiger partial charge in [-0.25, -0.2) is 4.79 Å². The molecule has 1 aromatic rings. The third-order valence-corrected chi connectivity index (χ3v) is 6.40. The van der Waals surface area contributed by atoms with Crippen LogP contribution in [0.1, 0.15) is 45.4 Å². The molecule has 2 saturated heterocycles. The van der Waals surface area contributed by atoms with Crippen molar-refractivity contribution in [3.05, 3.63) is 29.3 Å². The number of nitrogens with one attached hydrogen (secondary N) is 2. The summed E-state index contributed by atoms with van der Waals surface area (Å²) < 4.78 is 0. The maximum Gasteiger partial charge on any atom is 0.321 e. The molecule has 1 aromatic carbocycles. The minimum Gasteiger partial charge on any atom is -0.356 e. The fraction of sp³-hybridized carbons (Fsp3) is 0.652. The van der Waals surface area contributed by atoms with E-state index in [-0.39, 0.29) is 11.9 Å². The molecule has 0 unspecified atom stereocenters. The highest BCUT2D eigenvalue weighted by atomic mass is 35.5. The van der Waals surface area contributed by atoms with Gasteiger partial charge in [-0.1, -0.05) is 24.6 Å². The summed E-state index contributed by atoms with van der Waals surface area (Å²) >= 11 is 5.97. The molecular weight excluding hydrogens is 400 g/mol. The van der Waals surface area contributed by atoms with Gasteiger partial charge < -0.3 is 20.4 Å². The fourth-order valence-corrected chi connectivity index (χ4v) is 4.65. The molecule has 6 nitrogen and oxygen atoms in total. The number of anilines is 1. The number of nitrogens with zero attached hydrogens (tertiary/aromatic N) is 2. The number of hydrogen-bond acceptors (Lipinski definition) is 3. The number of carbonyl (C=O) groups excluding carboxylic acids is 2. The highest BCUT2D eigenvalue weighted by Crippen LogP contribution is 2.22. The molecule has 2 heterocycles. The van der Waals surface area contributed by atoms with E-state index in [1.807, 2.05) is 17.0 Å². The second-order valence-corrected chi connectivity index (χ2v) is 9.26. The Morgan fingerprint density at radius 3 is 2.70 bits per heavy atom. The number of urea groups is 1. The standard InChI is InChI=1S/C23H35ClN4O2/c1-18-5-3-11-27(17-18)12-4-10-25-22(29)15-19-8-13-28(14-9-19)23(30)26-21-7-2-6-20(24)16-21/h2,6-7,16,18-19H,3-5,8-15,17H2,1H3,(H,25,29)(H,26,30)/t18-/m0/s1. The van der Waals surface area contributed by atoms with Crippen molar-refractivity contribution in [2.45, 2.75) is 45.4 Å². The molecule has 7 heteroatoms. The molecule has 0 spiro atoms. The van der Waals surface area contributed by atoms with Crippen molar-refractivity contribution < 1.29 is 9.59 Å². The van der Waals surface area contributed by atoms with Crippen LogP contribution in [0.3, 0.4) is 0 Å². The van der Waals surface area contributed by atoms with E-state index >= 15 is 0 Å². The van der Waals surface area contributed by atoms with E-state index in [0.717, 1.165) is 38.3 Å². The lowest BCUT2D eigenvalue weighted by atomic mass is 9.93. The van der Waals surface area contributed by atoms with E-state index in [0.29, 0.717) is 36.1 Å². The van der Waals surface area contributed by atoms with Gasteiger partial charge in [-0.2, -0.15) is 0 Å². The van der Waals surface area contributed by atoms with Crippen LogP contribution in [0.15, 0.2) is 24.3 Å². The van der Waals surface area contributed by atoms with E-state index in [4.69, 9.17) is 11.6 Å². The maximum atomic E-state index is 12.4. The van der Waals surface area contributed by atoms with E-state index in [1.165, 1.54) is 25.9 Å². The van der Waals surface area contributed by atoms with Crippen LogP contribution in [0.4, 0.5) is 10.5 Å². The molecule has 2 fully saturated rings.